The van der Waals surface area contributed by atoms with Gasteiger partial charge >= 0.3 is 30.6 Å². The van der Waals surface area contributed by atoms with Gasteiger partial charge < -0.3 is 100 Å². The molecule has 4 atom stereocenters. The highest BCUT2D eigenvalue weighted by Gasteiger charge is 2.44. The van der Waals surface area contributed by atoms with Crippen LogP contribution < -0.4 is 80.4 Å². The first-order valence-corrected chi connectivity index (χ1v) is 43.5. The number of piperidine rings is 1. The lowest BCUT2D eigenvalue weighted by Crippen LogP contribution is -2.52. The van der Waals surface area contributed by atoms with Crippen LogP contribution in [0.15, 0.2) is 132 Å². The topological polar surface area (TPSA) is 327 Å². The van der Waals surface area contributed by atoms with E-state index in [1.807, 2.05) is 96.0 Å². The molecular weight excluding hydrogens is 1800 g/mol. The molecule has 8 aromatic carbocycles. The van der Waals surface area contributed by atoms with Crippen LogP contribution in [0.4, 0.5) is 93.8 Å². The van der Waals surface area contributed by atoms with Crippen LogP contribution in [-0.4, -0.2) is 181 Å². The number of benzene rings is 8. The standard InChI is InChI=1S/C25H31F2N3O4.C24H25F5N2O4.C24H27F2N3O3.C23H25F2N5O4.CH4.2H2/c1-15-6-8-30(9-7-15)14-17-10-16(2)21(31)12-19(17)29-24(32)23-13-28-20-11-18(34-25(3,26)27)4-5-22(20)33-23;1-22(12-30-18-9-14(34-23(2,25)26)7-8-20(18)35-22)21(33)31-17-11-19(32)15(13-5-3-4-6-13)10-16(17)24(27,28)29;1-15-11-17(7-6-10-29(4)5)19(12-16(15)2)28-23(30)22-14-27-20-13-18(32-24(3,25)26)8-9-21(20)31-22;1-13-5-7-16(15(9-13)22-28-20(29-34-22)12-30(3)4)27-21(31)19-11-26-17-10-14(33-23(2,24)25)6-8-18(17)32-19;;;/h4-5,10-12,15,23,28,31H,6-9,13-14H2,1-3H3,(H,29,32);7-11,13,30,32H,3-6,12H2,1-2H3,(H,31,33);8-9,11-13,22,27H,10,14H2,1-5H3,(H,28,30);5-10,19,26H,11-12H2,1-4H3,(H,27,31);1H4;2*1H. The van der Waals surface area contributed by atoms with E-state index in [0.29, 0.717) is 129 Å². The van der Waals surface area contributed by atoms with Crippen molar-refractivity contribution < 1.29 is 123 Å². The molecule has 4 amide bonds. The summed E-state index contributed by atoms with van der Waals surface area (Å²) in [5.74, 6) is 6.53. The van der Waals surface area contributed by atoms with Crippen LogP contribution in [0.2, 0.25) is 0 Å². The molecule has 1 aromatic heterocycles. The molecule has 2 fully saturated rings. The van der Waals surface area contributed by atoms with E-state index in [1.165, 1.54) is 79.7 Å². The van der Waals surface area contributed by atoms with Gasteiger partial charge in [0.2, 0.25) is 5.60 Å². The quantitative estimate of drug-likeness (QED) is 0.0210. The van der Waals surface area contributed by atoms with Crippen molar-refractivity contribution in [3.8, 4) is 80.8 Å². The van der Waals surface area contributed by atoms with Gasteiger partial charge in [-0.05, 0) is 226 Å². The maximum Gasteiger partial charge on any atom is 0.418 e. The van der Waals surface area contributed by atoms with Gasteiger partial charge in [0, 0.05) is 84.7 Å². The summed E-state index contributed by atoms with van der Waals surface area (Å²) < 4.78 is 193. The summed E-state index contributed by atoms with van der Waals surface area (Å²) in [4.78, 5) is 62.6. The zero-order valence-corrected chi connectivity index (χ0v) is 76.7. The summed E-state index contributed by atoms with van der Waals surface area (Å²) in [6.07, 6.45) is -15.1. The number of halogens is 11. The molecule has 0 bridgehead atoms. The number of aromatic hydroxyl groups is 2. The molecule has 1 aliphatic carbocycles. The number of phenolic OH excluding ortho intramolecular Hbond substituents is 2. The average molecular weight is 1910 g/mol. The Kier molecular flexibility index (Phi) is 32.7. The minimum atomic E-state index is -4.76. The van der Waals surface area contributed by atoms with Crippen molar-refractivity contribution in [1.29, 1.82) is 0 Å². The molecule has 6 aliphatic rings. The van der Waals surface area contributed by atoms with Gasteiger partial charge in [0.05, 0.1) is 90.2 Å². The third-order valence-electron chi connectivity index (χ3n) is 22.1. The van der Waals surface area contributed by atoms with Gasteiger partial charge in [-0.3, -0.25) is 29.0 Å². The van der Waals surface area contributed by atoms with E-state index < -0.39 is 77.6 Å². The predicted octanol–water partition coefficient (Wildman–Crippen LogP) is 20.1. The summed E-state index contributed by atoms with van der Waals surface area (Å²) >= 11 is 0. The van der Waals surface area contributed by atoms with E-state index in [-0.39, 0.29) is 106 Å². The Hall–Kier alpha value is -13.4. The second-order valence-electron chi connectivity index (χ2n) is 34.9. The molecule has 136 heavy (non-hydrogen) atoms. The summed E-state index contributed by atoms with van der Waals surface area (Å²) in [5, 5.41) is 47.6. The zero-order chi connectivity index (χ0) is 98.0. The third-order valence-corrected chi connectivity index (χ3v) is 22.1. The molecule has 4 unspecified atom stereocenters. The molecule has 736 valence electrons. The van der Waals surface area contributed by atoms with Crippen LogP contribution in [0.3, 0.4) is 0 Å². The lowest BCUT2D eigenvalue weighted by Gasteiger charge is -2.35. The highest BCUT2D eigenvalue weighted by atomic mass is 19.4. The van der Waals surface area contributed by atoms with Gasteiger partial charge in [0.15, 0.2) is 24.1 Å². The predicted molar refractivity (Wildman–Crippen MR) is 497 cm³/mol. The number of carbonyl (C=O) groups is 4. The summed E-state index contributed by atoms with van der Waals surface area (Å²) in [6.45, 7) is 18.0. The van der Waals surface area contributed by atoms with Gasteiger partial charge in [-0.2, -0.15) is 53.3 Å². The van der Waals surface area contributed by atoms with Crippen LogP contribution in [0.5, 0.6) is 57.5 Å². The van der Waals surface area contributed by atoms with E-state index in [0.717, 1.165) is 90.2 Å². The van der Waals surface area contributed by atoms with Gasteiger partial charge in [-0.1, -0.05) is 55.8 Å². The monoisotopic (exact) mass is 1910 g/mol. The van der Waals surface area contributed by atoms with E-state index >= 15 is 0 Å². The number of aryl methyl sites for hydroxylation is 4. The van der Waals surface area contributed by atoms with Gasteiger partial charge in [-0.25, -0.2) is 0 Å². The van der Waals surface area contributed by atoms with Crippen molar-refractivity contribution in [2.75, 3.05) is 117 Å². The van der Waals surface area contributed by atoms with Crippen LogP contribution in [-0.2, 0) is 38.4 Å². The summed E-state index contributed by atoms with van der Waals surface area (Å²) in [6, 6.07) is 31.2. The Morgan fingerprint density at radius 1 is 0.544 bits per heavy atom. The number of aromatic nitrogens is 2. The number of nitrogens with zero attached hydrogens (tertiary/aromatic N) is 5. The van der Waals surface area contributed by atoms with Crippen LogP contribution in [0.1, 0.15) is 147 Å². The molecule has 39 heteroatoms. The number of likely N-dealkylation sites (tertiary alicyclic amines) is 1. The fourth-order valence-electron chi connectivity index (χ4n) is 15.2. The molecule has 1 saturated heterocycles. The average Bonchev–Trinajstić information content (AvgIpc) is 1.63. The number of phenols is 2. The second-order valence-corrected chi connectivity index (χ2v) is 34.9. The number of amides is 4. The Labute approximate surface area is 783 Å². The number of carbonyl (C=O) groups excluding carboxylic acids is 4. The number of anilines is 8. The smallest absolute Gasteiger partial charge is 0.418 e. The lowest BCUT2D eigenvalue weighted by molar-refractivity contribution is -0.159. The highest BCUT2D eigenvalue weighted by molar-refractivity contribution is 6.01. The Balaban J connectivity index is 0.000000205. The molecule has 10 N–H and O–H groups in total. The molecule has 0 radical (unpaired) electrons. The molecule has 1 saturated carbocycles. The Morgan fingerprint density at radius 3 is 1.49 bits per heavy atom. The zero-order valence-electron chi connectivity index (χ0n) is 76.7. The summed E-state index contributed by atoms with van der Waals surface area (Å²) in [5.41, 5.74) is 6.41. The molecule has 5 aliphatic heterocycles. The van der Waals surface area contributed by atoms with Crippen molar-refractivity contribution in [1.82, 2.24) is 24.8 Å². The SMILES string of the molecule is C.CC(F)(F)Oc1ccc2c(c1)NCC(C)(C(=O)Nc1cc(O)c(C3CCCC3)cc1C(F)(F)F)O2.Cc1cc(C#CCN(C)C)c(NC(=O)C2CNc3cc(OC(C)(F)F)ccc3O2)cc1C.Cc1cc(CN2CCC(C)CC2)c(NC(=O)C2CNc3cc(OC(C)(F)F)ccc3O2)cc1O.Cc1ccc(NC(=O)C2CNc3cc(OC(C)(F)F)ccc3O2)c(-c2nc(CN(C)C)no2)c1.[HH].[HH]. The molecule has 15 rings (SSSR count). The molecular formula is C97H116F11N13O15. The maximum absolute atomic E-state index is 13.8. The van der Waals surface area contributed by atoms with E-state index in [1.54, 1.807) is 12.1 Å². The van der Waals surface area contributed by atoms with Gasteiger partial charge in [0.1, 0.15) is 57.5 Å². The van der Waals surface area contributed by atoms with Crippen LogP contribution >= 0.6 is 0 Å². The molecule has 9 aromatic rings. The lowest BCUT2D eigenvalue weighted by atomic mass is 9.93. The van der Waals surface area contributed by atoms with Crippen LogP contribution in [0, 0.1) is 45.5 Å². The minimum absolute atomic E-state index is 0. The van der Waals surface area contributed by atoms with E-state index in [2.05, 4.69) is 95.3 Å². The van der Waals surface area contributed by atoms with Gasteiger partial charge in [0.25, 0.3) is 29.5 Å². The highest BCUT2D eigenvalue weighted by Crippen LogP contribution is 2.47. The first kappa shape index (κ1) is 103. The summed E-state index contributed by atoms with van der Waals surface area (Å²) in [7, 11) is 7.67. The number of nitrogens with one attached hydrogen (secondary N) is 8. The first-order chi connectivity index (χ1) is 63.4. The number of rotatable bonds is 23. The van der Waals surface area contributed by atoms with Crippen molar-refractivity contribution >= 4 is 69.1 Å². The number of hydrogen-bond acceptors (Lipinski definition) is 24. The number of alkyl halides is 11. The molecule has 28 nitrogen and oxygen atoms in total. The van der Waals surface area contributed by atoms with E-state index in [9.17, 15) is 77.7 Å². The largest absolute Gasteiger partial charge is 0.508 e. The van der Waals surface area contributed by atoms with Crippen molar-refractivity contribution in [2.24, 2.45) is 5.92 Å². The Bertz CT molecular complexity index is 5850. The van der Waals surface area contributed by atoms with Crippen molar-refractivity contribution in [3.05, 3.63) is 178 Å². The Morgan fingerprint density at radius 2 is 1.01 bits per heavy atom. The number of ether oxygens (including phenoxy) is 8. The fraction of sp³-hybridized carbons (Fsp3) is 0.423. The molecule has 6 heterocycles. The number of hydrogen-bond donors (Lipinski definition) is 10. The van der Waals surface area contributed by atoms with Crippen molar-refractivity contribution in [3.63, 3.8) is 0 Å². The van der Waals surface area contributed by atoms with E-state index in [4.69, 9.17) is 23.5 Å². The second kappa shape index (κ2) is 43.1. The number of fused-ring (bicyclic) bond motifs is 4. The maximum atomic E-state index is 13.8. The fourth-order valence-corrected chi connectivity index (χ4v) is 15.2. The van der Waals surface area contributed by atoms with Gasteiger partial charge in [-0.15, -0.1) is 0 Å². The van der Waals surface area contributed by atoms with Crippen molar-refractivity contribution in [2.45, 2.75) is 189 Å². The molecule has 0 spiro atoms. The van der Waals surface area contributed by atoms with Crippen LogP contribution in [0.25, 0.3) is 11.5 Å². The first-order valence-electron chi connectivity index (χ1n) is 43.5. The third kappa shape index (κ3) is 28.6. The normalized spacial score (nSPS) is 17.4. The minimum Gasteiger partial charge on any atom is -0.508 e.